The SMILES string of the molecule is CCCCCCCCCCCC(I)c1ccc(S(=O)(=O)O)cc1. The highest BCUT2D eigenvalue weighted by molar-refractivity contribution is 14.1. The highest BCUT2D eigenvalue weighted by Gasteiger charge is 2.11. The van der Waals surface area contributed by atoms with Gasteiger partial charge in [-0.15, -0.1) is 0 Å². The molecule has 0 bridgehead atoms. The zero-order valence-electron chi connectivity index (χ0n) is 14.0. The van der Waals surface area contributed by atoms with Crippen molar-refractivity contribution in [1.82, 2.24) is 0 Å². The first-order valence-electron chi connectivity index (χ1n) is 8.66. The molecule has 5 heteroatoms. The minimum Gasteiger partial charge on any atom is -0.282 e. The van der Waals surface area contributed by atoms with Gasteiger partial charge in [-0.1, -0.05) is 99.4 Å². The third-order valence-corrected chi connectivity index (χ3v) is 6.31. The fourth-order valence-electron chi connectivity index (χ4n) is 2.65. The molecule has 3 nitrogen and oxygen atoms in total. The Bertz CT molecular complexity index is 526. The molecule has 1 aromatic rings. The lowest BCUT2D eigenvalue weighted by Gasteiger charge is -2.10. The second kappa shape index (κ2) is 11.4. The Kier molecular flexibility index (Phi) is 10.4. The van der Waals surface area contributed by atoms with E-state index in [-0.39, 0.29) is 4.90 Å². The van der Waals surface area contributed by atoms with Gasteiger partial charge in [0.25, 0.3) is 10.1 Å². The van der Waals surface area contributed by atoms with Gasteiger partial charge in [-0.3, -0.25) is 4.55 Å². The normalized spacial score (nSPS) is 13.2. The van der Waals surface area contributed by atoms with Gasteiger partial charge in [0.15, 0.2) is 0 Å². The Morgan fingerprint density at radius 2 is 1.39 bits per heavy atom. The Balaban J connectivity index is 2.18. The summed E-state index contributed by atoms with van der Waals surface area (Å²) in [5, 5.41) is 0. The smallest absolute Gasteiger partial charge is 0.282 e. The van der Waals surface area contributed by atoms with Crippen LogP contribution in [0.5, 0.6) is 0 Å². The van der Waals surface area contributed by atoms with Gasteiger partial charge in [0, 0.05) is 3.92 Å². The summed E-state index contributed by atoms with van der Waals surface area (Å²) in [4.78, 5) is -0.0343. The Hall–Kier alpha value is -0.140. The molecule has 0 amide bonds. The molecule has 0 aliphatic carbocycles. The molecule has 1 N–H and O–H groups in total. The van der Waals surface area contributed by atoms with E-state index in [9.17, 15) is 8.42 Å². The first kappa shape index (κ1) is 20.9. The van der Waals surface area contributed by atoms with E-state index in [4.69, 9.17) is 4.55 Å². The summed E-state index contributed by atoms with van der Waals surface area (Å²) in [7, 11) is -4.08. The highest BCUT2D eigenvalue weighted by atomic mass is 127. The molecule has 0 saturated carbocycles. The van der Waals surface area contributed by atoms with Crippen molar-refractivity contribution in [2.24, 2.45) is 0 Å². The van der Waals surface area contributed by atoms with E-state index in [0.29, 0.717) is 3.92 Å². The van der Waals surface area contributed by atoms with Gasteiger partial charge in [-0.2, -0.15) is 8.42 Å². The molecular formula is C18H29IO3S. The van der Waals surface area contributed by atoms with Crippen LogP contribution in [-0.4, -0.2) is 13.0 Å². The van der Waals surface area contributed by atoms with Crippen molar-refractivity contribution in [2.45, 2.75) is 80.0 Å². The molecule has 0 fully saturated rings. The van der Waals surface area contributed by atoms with E-state index in [1.807, 2.05) is 0 Å². The molecule has 1 rings (SSSR count). The summed E-state index contributed by atoms with van der Waals surface area (Å²) >= 11 is 2.41. The van der Waals surface area contributed by atoms with Crippen LogP contribution >= 0.6 is 22.6 Å². The number of rotatable bonds is 12. The predicted molar refractivity (Wildman–Crippen MR) is 105 cm³/mol. The largest absolute Gasteiger partial charge is 0.294 e. The molecule has 1 unspecified atom stereocenters. The van der Waals surface area contributed by atoms with E-state index in [0.717, 1.165) is 12.0 Å². The molecule has 23 heavy (non-hydrogen) atoms. The number of unbranched alkanes of at least 4 members (excludes halogenated alkanes) is 8. The molecule has 0 heterocycles. The van der Waals surface area contributed by atoms with Crippen LogP contribution in [-0.2, 0) is 10.1 Å². The van der Waals surface area contributed by atoms with E-state index < -0.39 is 10.1 Å². The molecule has 1 aromatic carbocycles. The number of hydrogen-bond donors (Lipinski definition) is 1. The van der Waals surface area contributed by atoms with Crippen LogP contribution in [0, 0.1) is 0 Å². The molecule has 0 spiro atoms. The van der Waals surface area contributed by atoms with E-state index in [1.54, 1.807) is 12.1 Å². The maximum absolute atomic E-state index is 11.0. The fourth-order valence-corrected chi connectivity index (χ4v) is 3.99. The molecule has 0 saturated heterocycles. The van der Waals surface area contributed by atoms with Crippen molar-refractivity contribution in [1.29, 1.82) is 0 Å². The van der Waals surface area contributed by atoms with E-state index in [2.05, 4.69) is 29.5 Å². The van der Waals surface area contributed by atoms with E-state index >= 15 is 0 Å². The predicted octanol–water partition coefficient (Wildman–Crippen LogP) is 6.33. The van der Waals surface area contributed by atoms with Gasteiger partial charge in [0.1, 0.15) is 0 Å². The average molecular weight is 452 g/mol. The lowest BCUT2D eigenvalue weighted by Crippen LogP contribution is -1.98. The van der Waals surface area contributed by atoms with Gasteiger partial charge in [0.05, 0.1) is 4.90 Å². The van der Waals surface area contributed by atoms with Crippen LogP contribution in [0.2, 0.25) is 0 Å². The second-order valence-electron chi connectivity index (χ2n) is 6.13. The van der Waals surface area contributed by atoms with Crippen molar-refractivity contribution in [3.63, 3.8) is 0 Å². The van der Waals surface area contributed by atoms with Gasteiger partial charge in [-0.05, 0) is 24.1 Å². The van der Waals surface area contributed by atoms with Crippen molar-refractivity contribution in [2.75, 3.05) is 0 Å². The lowest BCUT2D eigenvalue weighted by molar-refractivity contribution is 0.483. The number of halogens is 1. The van der Waals surface area contributed by atoms with Crippen LogP contribution in [0.3, 0.4) is 0 Å². The molecule has 1 atom stereocenters. The van der Waals surface area contributed by atoms with Crippen molar-refractivity contribution >= 4 is 32.7 Å². The van der Waals surface area contributed by atoms with Crippen LogP contribution in [0.25, 0.3) is 0 Å². The van der Waals surface area contributed by atoms with Crippen LogP contribution in [0.1, 0.15) is 80.6 Å². The zero-order chi connectivity index (χ0) is 17.1. The van der Waals surface area contributed by atoms with E-state index in [1.165, 1.54) is 69.9 Å². The summed E-state index contributed by atoms with van der Waals surface area (Å²) < 4.78 is 31.4. The first-order valence-corrected chi connectivity index (χ1v) is 11.3. The summed E-state index contributed by atoms with van der Waals surface area (Å²) in [6.07, 6.45) is 13.1. The first-order chi connectivity index (χ1) is 10.9. The van der Waals surface area contributed by atoms with Crippen LogP contribution in [0.4, 0.5) is 0 Å². The molecule has 0 aromatic heterocycles. The van der Waals surface area contributed by atoms with Crippen molar-refractivity contribution < 1.29 is 13.0 Å². The van der Waals surface area contributed by atoms with Crippen LogP contribution < -0.4 is 0 Å². The van der Waals surface area contributed by atoms with Crippen LogP contribution in [0.15, 0.2) is 29.2 Å². The molecular weight excluding hydrogens is 423 g/mol. The zero-order valence-corrected chi connectivity index (χ0v) is 17.0. The van der Waals surface area contributed by atoms with Crippen molar-refractivity contribution in [3.8, 4) is 0 Å². The average Bonchev–Trinajstić information content (AvgIpc) is 2.52. The minimum absolute atomic E-state index is 0.0343. The number of hydrogen-bond acceptors (Lipinski definition) is 2. The van der Waals surface area contributed by atoms with Gasteiger partial charge >= 0.3 is 0 Å². The summed E-state index contributed by atoms with van der Waals surface area (Å²) in [5.74, 6) is 0. The van der Waals surface area contributed by atoms with Gasteiger partial charge in [-0.25, -0.2) is 0 Å². The number of benzene rings is 1. The Morgan fingerprint density at radius 3 is 1.87 bits per heavy atom. The molecule has 0 aliphatic rings. The summed E-state index contributed by atoms with van der Waals surface area (Å²) in [6, 6.07) is 6.56. The quantitative estimate of drug-likeness (QED) is 0.175. The molecule has 0 radical (unpaired) electrons. The monoisotopic (exact) mass is 452 g/mol. The maximum Gasteiger partial charge on any atom is 0.294 e. The Labute approximate surface area is 155 Å². The van der Waals surface area contributed by atoms with Gasteiger partial charge < -0.3 is 0 Å². The Morgan fingerprint density at radius 1 is 0.913 bits per heavy atom. The maximum atomic E-state index is 11.0. The lowest BCUT2D eigenvalue weighted by atomic mass is 10.0. The van der Waals surface area contributed by atoms with Crippen molar-refractivity contribution in [3.05, 3.63) is 29.8 Å². The molecule has 132 valence electrons. The summed E-state index contributed by atoms with van der Waals surface area (Å²) in [5.41, 5.74) is 1.12. The third-order valence-electron chi connectivity index (χ3n) is 4.10. The number of alkyl halides is 1. The fraction of sp³-hybridized carbons (Fsp3) is 0.667. The third kappa shape index (κ3) is 9.05. The minimum atomic E-state index is -4.08. The topological polar surface area (TPSA) is 54.4 Å². The van der Waals surface area contributed by atoms with Gasteiger partial charge in [0.2, 0.25) is 0 Å². The summed E-state index contributed by atoms with van der Waals surface area (Å²) in [6.45, 7) is 2.25. The standard InChI is InChI=1S/C18H29IO3S/c1-2-3-4-5-6-7-8-9-10-11-18(19)16-12-14-17(15-13-16)23(20,21)22/h12-15,18H,2-11H2,1H3,(H,20,21,22). The second-order valence-corrected chi connectivity index (χ2v) is 9.05. The highest BCUT2D eigenvalue weighted by Crippen LogP contribution is 2.30. The molecule has 0 aliphatic heterocycles.